The van der Waals surface area contributed by atoms with Gasteiger partial charge in [0.2, 0.25) is 5.91 Å². The van der Waals surface area contributed by atoms with Crippen LogP contribution in [0.4, 0.5) is 4.79 Å². The van der Waals surface area contributed by atoms with Crippen LogP contribution in [0, 0.1) is 0 Å². The first-order chi connectivity index (χ1) is 9.15. The van der Waals surface area contributed by atoms with Gasteiger partial charge in [-0.05, 0) is 32.4 Å². The van der Waals surface area contributed by atoms with E-state index in [0.29, 0.717) is 6.04 Å². The molecule has 3 N–H and O–H groups in total. The Balaban J connectivity index is 2.37. The van der Waals surface area contributed by atoms with E-state index in [9.17, 15) is 9.59 Å². The highest BCUT2D eigenvalue weighted by Gasteiger charge is 2.18. The highest BCUT2D eigenvalue weighted by molar-refractivity contribution is 5.95. The van der Waals surface area contributed by atoms with Gasteiger partial charge < -0.3 is 10.6 Å². The summed E-state index contributed by atoms with van der Waals surface area (Å²) < 4.78 is 0. The van der Waals surface area contributed by atoms with Gasteiger partial charge in [-0.15, -0.1) is 0 Å². The third kappa shape index (κ3) is 6.54. The maximum absolute atomic E-state index is 11.7. The molecule has 1 saturated heterocycles. The second kappa shape index (κ2) is 8.87. The van der Waals surface area contributed by atoms with Crippen molar-refractivity contribution < 1.29 is 9.59 Å². The zero-order chi connectivity index (χ0) is 14.1. The molecule has 0 aromatic carbocycles. The van der Waals surface area contributed by atoms with Gasteiger partial charge >= 0.3 is 6.03 Å². The molecular formula is C13H26N4O2. The zero-order valence-corrected chi connectivity index (χ0v) is 12.0. The third-order valence-corrected chi connectivity index (χ3v) is 3.28. The lowest BCUT2D eigenvalue weighted by molar-refractivity contribution is -0.121. The summed E-state index contributed by atoms with van der Waals surface area (Å²) in [7, 11) is 1.50. The molecule has 1 heterocycles. The quantitative estimate of drug-likeness (QED) is 0.649. The van der Waals surface area contributed by atoms with E-state index in [4.69, 9.17) is 0 Å². The molecule has 0 radical (unpaired) electrons. The van der Waals surface area contributed by atoms with Gasteiger partial charge in [-0.2, -0.15) is 0 Å². The molecule has 1 aliphatic heterocycles. The van der Waals surface area contributed by atoms with Crippen molar-refractivity contribution in [2.24, 2.45) is 0 Å². The summed E-state index contributed by atoms with van der Waals surface area (Å²) in [4.78, 5) is 24.9. The molecule has 0 aliphatic carbocycles. The Morgan fingerprint density at radius 1 is 1.37 bits per heavy atom. The molecular weight excluding hydrogens is 244 g/mol. The van der Waals surface area contributed by atoms with Crippen molar-refractivity contribution in [3.05, 3.63) is 0 Å². The first kappa shape index (κ1) is 15.9. The van der Waals surface area contributed by atoms with E-state index < -0.39 is 6.03 Å². The number of nitrogens with zero attached hydrogens (tertiary/aromatic N) is 1. The molecule has 1 unspecified atom stereocenters. The van der Waals surface area contributed by atoms with Crippen LogP contribution in [0.3, 0.4) is 0 Å². The van der Waals surface area contributed by atoms with Crippen LogP contribution in [0.1, 0.15) is 32.6 Å². The SMILES string of the molecule is CCCN(CC(=O)NC(=O)NC)CC1CCCCN1. The number of piperidine rings is 1. The summed E-state index contributed by atoms with van der Waals surface area (Å²) in [5.74, 6) is -0.247. The number of imide groups is 1. The molecule has 0 saturated carbocycles. The van der Waals surface area contributed by atoms with Crippen molar-refractivity contribution in [1.82, 2.24) is 20.9 Å². The van der Waals surface area contributed by atoms with Gasteiger partial charge in [-0.3, -0.25) is 15.0 Å². The van der Waals surface area contributed by atoms with Crippen molar-refractivity contribution in [2.45, 2.75) is 38.6 Å². The smallest absolute Gasteiger partial charge is 0.321 e. The fourth-order valence-corrected chi connectivity index (χ4v) is 2.37. The number of nitrogens with one attached hydrogen (secondary N) is 3. The lowest BCUT2D eigenvalue weighted by Gasteiger charge is -2.30. The summed E-state index contributed by atoms with van der Waals surface area (Å²) in [5, 5.41) is 8.17. The maximum atomic E-state index is 11.7. The van der Waals surface area contributed by atoms with E-state index in [1.807, 2.05) is 0 Å². The number of hydrogen-bond donors (Lipinski definition) is 3. The van der Waals surface area contributed by atoms with Crippen molar-refractivity contribution >= 4 is 11.9 Å². The van der Waals surface area contributed by atoms with Gasteiger partial charge in [-0.25, -0.2) is 4.79 Å². The number of rotatable bonds is 6. The van der Waals surface area contributed by atoms with Crippen LogP contribution >= 0.6 is 0 Å². The van der Waals surface area contributed by atoms with E-state index in [0.717, 1.165) is 32.5 Å². The standard InChI is InChI=1S/C13H26N4O2/c1-3-8-17(9-11-6-4-5-7-15-11)10-12(18)16-13(19)14-2/h11,15H,3-10H2,1-2H3,(H2,14,16,18,19). The molecule has 1 atom stereocenters. The van der Waals surface area contributed by atoms with Crippen molar-refractivity contribution in [1.29, 1.82) is 0 Å². The van der Waals surface area contributed by atoms with Gasteiger partial charge in [0.25, 0.3) is 0 Å². The summed E-state index contributed by atoms with van der Waals surface area (Å²) in [6.07, 6.45) is 4.65. The average Bonchev–Trinajstić information content (AvgIpc) is 2.39. The van der Waals surface area contributed by atoms with Crippen LogP contribution in [-0.2, 0) is 4.79 Å². The van der Waals surface area contributed by atoms with Crippen molar-refractivity contribution in [2.75, 3.05) is 33.2 Å². The minimum Gasteiger partial charge on any atom is -0.341 e. The molecule has 3 amide bonds. The number of hydrogen-bond acceptors (Lipinski definition) is 4. The van der Waals surface area contributed by atoms with E-state index in [1.54, 1.807) is 0 Å². The third-order valence-electron chi connectivity index (χ3n) is 3.28. The Labute approximate surface area is 115 Å². The second-order valence-electron chi connectivity index (χ2n) is 5.01. The molecule has 0 aromatic rings. The number of urea groups is 1. The van der Waals surface area contributed by atoms with Crippen LogP contribution in [-0.4, -0.2) is 56.1 Å². The normalized spacial score (nSPS) is 19.2. The molecule has 19 heavy (non-hydrogen) atoms. The highest BCUT2D eigenvalue weighted by Crippen LogP contribution is 2.08. The highest BCUT2D eigenvalue weighted by atomic mass is 16.2. The minimum atomic E-state index is -0.447. The van der Waals surface area contributed by atoms with E-state index in [1.165, 1.54) is 19.9 Å². The molecule has 1 fully saturated rings. The zero-order valence-electron chi connectivity index (χ0n) is 12.0. The van der Waals surface area contributed by atoms with Crippen LogP contribution in [0.2, 0.25) is 0 Å². The van der Waals surface area contributed by atoms with Crippen LogP contribution in [0.5, 0.6) is 0 Å². The summed E-state index contributed by atoms with van der Waals surface area (Å²) in [6.45, 7) is 5.18. The fraction of sp³-hybridized carbons (Fsp3) is 0.846. The van der Waals surface area contributed by atoms with Gasteiger partial charge in [0.05, 0.1) is 6.54 Å². The predicted molar refractivity (Wildman–Crippen MR) is 75.0 cm³/mol. The molecule has 6 nitrogen and oxygen atoms in total. The monoisotopic (exact) mass is 270 g/mol. The second-order valence-corrected chi connectivity index (χ2v) is 5.01. The Bertz CT molecular complexity index is 290. The molecule has 0 spiro atoms. The summed E-state index contributed by atoms with van der Waals surface area (Å²) in [5.41, 5.74) is 0. The van der Waals surface area contributed by atoms with Crippen LogP contribution in [0.25, 0.3) is 0 Å². The van der Waals surface area contributed by atoms with Crippen molar-refractivity contribution in [3.63, 3.8) is 0 Å². The van der Waals surface area contributed by atoms with Gasteiger partial charge in [0, 0.05) is 19.6 Å². The molecule has 6 heteroatoms. The Morgan fingerprint density at radius 3 is 2.74 bits per heavy atom. The Kier molecular flexibility index (Phi) is 7.43. The first-order valence-corrected chi connectivity index (χ1v) is 7.13. The number of amides is 3. The Morgan fingerprint density at radius 2 is 2.16 bits per heavy atom. The summed E-state index contributed by atoms with van der Waals surface area (Å²) >= 11 is 0. The Hall–Kier alpha value is -1.14. The van der Waals surface area contributed by atoms with Crippen LogP contribution < -0.4 is 16.0 Å². The predicted octanol–water partition coefficient (Wildman–Crippen LogP) is 0.296. The lowest BCUT2D eigenvalue weighted by Crippen LogP contribution is -2.48. The van der Waals surface area contributed by atoms with Gasteiger partial charge in [0.15, 0.2) is 0 Å². The fourth-order valence-electron chi connectivity index (χ4n) is 2.37. The molecule has 110 valence electrons. The topological polar surface area (TPSA) is 73.5 Å². The van der Waals surface area contributed by atoms with E-state index in [-0.39, 0.29) is 12.5 Å². The van der Waals surface area contributed by atoms with Crippen LogP contribution in [0.15, 0.2) is 0 Å². The van der Waals surface area contributed by atoms with E-state index in [2.05, 4.69) is 27.8 Å². The first-order valence-electron chi connectivity index (χ1n) is 7.13. The minimum absolute atomic E-state index is 0.247. The average molecular weight is 270 g/mol. The molecule has 1 rings (SSSR count). The maximum Gasteiger partial charge on any atom is 0.321 e. The number of carbonyl (C=O) groups excluding carboxylic acids is 2. The molecule has 0 aromatic heterocycles. The van der Waals surface area contributed by atoms with Gasteiger partial charge in [0.1, 0.15) is 0 Å². The van der Waals surface area contributed by atoms with Crippen molar-refractivity contribution in [3.8, 4) is 0 Å². The lowest BCUT2D eigenvalue weighted by atomic mass is 10.0. The largest absolute Gasteiger partial charge is 0.341 e. The van der Waals surface area contributed by atoms with E-state index >= 15 is 0 Å². The number of carbonyl (C=O) groups is 2. The summed E-state index contributed by atoms with van der Waals surface area (Å²) in [6, 6.07) is 0.0188. The molecule has 1 aliphatic rings. The molecule has 0 bridgehead atoms. The van der Waals surface area contributed by atoms with Gasteiger partial charge in [-0.1, -0.05) is 13.3 Å².